The van der Waals surface area contributed by atoms with Gasteiger partial charge in [-0.3, -0.25) is 4.90 Å². The first-order valence-electron chi connectivity index (χ1n) is 8.81. The zero-order chi connectivity index (χ0) is 20.0. The third-order valence-electron chi connectivity index (χ3n) is 4.01. The predicted molar refractivity (Wildman–Crippen MR) is 106 cm³/mol. The number of nitrogens with one attached hydrogen (secondary N) is 1. The lowest BCUT2D eigenvalue weighted by Gasteiger charge is -2.20. The van der Waals surface area contributed by atoms with Crippen LogP contribution in [0.5, 0.6) is 11.5 Å². The molecule has 2 aromatic rings. The number of hydrogen-bond acceptors (Lipinski definition) is 4. The van der Waals surface area contributed by atoms with E-state index in [0.717, 1.165) is 11.1 Å². The van der Waals surface area contributed by atoms with Crippen molar-refractivity contribution in [2.45, 2.75) is 33.7 Å². The Morgan fingerprint density at radius 1 is 1.00 bits per heavy atom. The van der Waals surface area contributed by atoms with Gasteiger partial charge in [0.2, 0.25) is 0 Å². The van der Waals surface area contributed by atoms with Gasteiger partial charge in [-0.1, -0.05) is 6.07 Å². The second kappa shape index (κ2) is 9.07. The van der Waals surface area contributed by atoms with E-state index in [1.807, 2.05) is 45.9 Å². The molecule has 6 heteroatoms. The zero-order valence-corrected chi connectivity index (χ0v) is 16.4. The van der Waals surface area contributed by atoms with E-state index in [-0.39, 0.29) is 18.7 Å². The van der Waals surface area contributed by atoms with E-state index < -0.39 is 5.97 Å². The van der Waals surface area contributed by atoms with Crippen LogP contribution in [0.15, 0.2) is 42.5 Å². The molecule has 27 heavy (non-hydrogen) atoms. The fraction of sp³-hybridized carbons (Fsp3) is 0.333. The molecule has 2 amide bonds. The summed E-state index contributed by atoms with van der Waals surface area (Å²) in [5, 5.41) is 2.81. The Morgan fingerprint density at radius 3 is 2.22 bits per heavy atom. The Balaban J connectivity index is 1.88. The number of urea groups is 1. The van der Waals surface area contributed by atoms with E-state index in [1.165, 1.54) is 4.90 Å². The summed E-state index contributed by atoms with van der Waals surface area (Å²) in [6.07, 6.45) is 0. The second-order valence-electron chi connectivity index (χ2n) is 6.67. The highest BCUT2D eigenvalue weighted by Crippen LogP contribution is 2.20. The highest BCUT2D eigenvalue weighted by molar-refractivity contribution is 5.91. The van der Waals surface area contributed by atoms with Gasteiger partial charge >= 0.3 is 12.0 Å². The van der Waals surface area contributed by atoms with Crippen molar-refractivity contribution in [3.05, 3.63) is 53.6 Å². The number of aryl methyl sites for hydroxylation is 2. The highest BCUT2D eigenvalue weighted by Gasteiger charge is 2.12. The van der Waals surface area contributed by atoms with Crippen LogP contribution in [0, 0.1) is 13.8 Å². The Hall–Kier alpha value is -3.02. The molecule has 6 nitrogen and oxygen atoms in total. The number of ether oxygens (including phenoxy) is 2. The molecular weight excluding hydrogens is 344 g/mol. The minimum absolute atomic E-state index is 0.0532. The summed E-state index contributed by atoms with van der Waals surface area (Å²) in [4.78, 5) is 25.5. The Labute approximate surface area is 160 Å². The lowest BCUT2D eigenvalue weighted by atomic mass is 10.1. The Morgan fingerprint density at radius 2 is 1.63 bits per heavy atom. The van der Waals surface area contributed by atoms with Gasteiger partial charge in [-0.2, -0.15) is 0 Å². The summed E-state index contributed by atoms with van der Waals surface area (Å²) in [6.45, 7) is 7.62. The first-order valence-corrected chi connectivity index (χ1v) is 8.81. The van der Waals surface area contributed by atoms with Crippen LogP contribution < -0.4 is 19.7 Å². The van der Waals surface area contributed by atoms with Crippen LogP contribution in [-0.2, 0) is 4.79 Å². The summed E-state index contributed by atoms with van der Waals surface area (Å²) in [6, 6.07) is 12.2. The molecule has 0 heterocycles. The molecule has 0 aliphatic carbocycles. The standard InChI is InChI=1S/C21H26N2O4/c1-14(2)22-21(25)23(5)17-7-10-18(11-8-17)27-20(24)13-26-19-9-6-15(3)16(4)12-19/h6-12,14H,13H2,1-5H3,(H,22,25). The van der Waals surface area contributed by atoms with Gasteiger partial charge in [0.05, 0.1) is 0 Å². The lowest BCUT2D eigenvalue weighted by molar-refractivity contribution is -0.136. The van der Waals surface area contributed by atoms with Crippen molar-refractivity contribution in [1.29, 1.82) is 0 Å². The molecule has 2 rings (SSSR count). The number of nitrogens with zero attached hydrogens (tertiary/aromatic N) is 1. The van der Waals surface area contributed by atoms with E-state index in [2.05, 4.69) is 5.32 Å². The van der Waals surface area contributed by atoms with Gasteiger partial charge in [-0.25, -0.2) is 9.59 Å². The quantitative estimate of drug-likeness (QED) is 0.620. The van der Waals surface area contributed by atoms with Crippen LogP contribution in [0.2, 0.25) is 0 Å². The van der Waals surface area contributed by atoms with Gasteiger partial charge in [0, 0.05) is 18.8 Å². The molecule has 0 aliphatic heterocycles. The molecule has 0 unspecified atom stereocenters. The summed E-state index contributed by atoms with van der Waals surface area (Å²) >= 11 is 0. The molecule has 1 N–H and O–H groups in total. The van der Waals surface area contributed by atoms with Crippen molar-refractivity contribution >= 4 is 17.7 Å². The lowest BCUT2D eigenvalue weighted by Crippen LogP contribution is -2.40. The summed E-state index contributed by atoms with van der Waals surface area (Å²) < 4.78 is 10.7. The van der Waals surface area contributed by atoms with Crippen molar-refractivity contribution in [2.24, 2.45) is 0 Å². The predicted octanol–water partition coefficient (Wildman–Crippen LogP) is 3.84. The van der Waals surface area contributed by atoms with E-state index in [4.69, 9.17) is 9.47 Å². The third kappa shape index (κ3) is 6.02. The molecule has 144 valence electrons. The minimum atomic E-state index is -0.494. The maximum atomic E-state index is 12.0. The van der Waals surface area contributed by atoms with Crippen LogP contribution in [-0.4, -0.2) is 31.7 Å². The Kier molecular flexibility index (Phi) is 6.82. The van der Waals surface area contributed by atoms with Crippen LogP contribution >= 0.6 is 0 Å². The van der Waals surface area contributed by atoms with Crippen molar-refractivity contribution in [3.8, 4) is 11.5 Å². The van der Waals surface area contributed by atoms with Gasteiger partial charge in [-0.15, -0.1) is 0 Å². The molecule has 0 aromatic heterocycles. The van der Waals surface area contributed by atoms with Gasteiger partial charge < -0.3 is 14.8 Å². The summed E-state index contributed by atoms with van der Waals surface area (Å²) in [5.74, 6) is 0.528. The Bertz CT molecular complexity index is 800. The fourth-order valence-corrected chi connectivity index (χ4v) is 2.31. The van der Waals surface area contributed by atoms with Crippen molar-refractivity contribution in [2.75, 3.05) is 18.6 Å². The number of benzene rings is 2. The average Bonchev–Trinajstić information content (AvgIpc) is 2.62. The topological polar surface area (TPSA) is 67.9 Å². The van der Waals surface area contributed by atoms with E-state index in [1.54, 1.807) is 31.3 Å². The molecule has 0 radical (unpaired) electrons. The number of amides is 2. The van der Waals surface area contributed by atoms with E-state index in [0.29, 0.717) is 17.2 Å². The first kappa shape index (κ1) is 20.3. The smallest absolute Gasteiger partial charge is 0.349 e. The number of rotatable bonds is 6. The zero-order valence-electron chi connectivity index (χ0n) is 16.4. The summed E-state index contributed by atoms with van der Waals surface area (Å²) in [5.41, 5.74) is 2.96. The highest BCUT2D eigenvalue weighted by atomic mass is 16.6. The molecule has 0 aliphatic rings. The number of anilines is 1. The van der Waals surface area contributed by atoms with Crippen molar-refractivity contribution in [1.82, 2.24) is 5.32 Å². The molecule has 0 spiro atoms. The van der Waals surface area contributed by atoms with E-state index in [9.17, 15) is 9.59 Å². The molecule has 0 bridgehead atoms. The normalized spacial score (nSPS) is 10.4. The molecule has 2 aromatic carbocycles. The van der Waals surface area contributed by atoms with Crippen molar-refractivity contribution in [3.63, 3.8) is 0 Å². The van der Waals surface area contributed by atoms with Gasteiger partial charge in [0.25, 0.3) is 0 Å². The molecule has 0 fully saturated rings. The fourth-order valence-electron chi connectivity index (χ4n) is 2.31. The molecule has 0 saturated heterocycles. The number of carbonyl (C=O) groups is 2. The monoisotopic (exact) mass is 370 g/mol. The number of esters is 1. The van der Waals surface area contributed by atoms with Gasteiger partial charge in [-0.05, 0) is 75.2 Å². The minimum Gasteiger partial charge on any atom is -0.482 e. The first-order chi connectivity index (χ1) is 12.8. The van der Waals surface area contributed by atoms with Crippen LogP contribution in [0.4, 0.5) is 10.5 Å². The summed E-state index contributed by atoms with van der Waals surface area (Å²) in [7, 11) is 1.68. The molecular formula is C21H26N2O4. The average molecular weight is 370 g/mol. The maximum absolute atomic E-state index is 12.0. The molecule has 0 atom stereocenters. The van der Waals surface area contributed by atoms with Gasteiger partial charge in [0.15, 0.2) is 6.61 Å². The van der Waals surface area contributed by atoms with E-state index >= 15 is 0 Å². The maximum Gasteiger partial charge on any atom is 0.349 e. The molecule has 0 saturated carbocycles. The second-order valence-corrected chi connectivity index (χ2v) is 6.67. The van der Waals surface area contributed by atoms with Gasteiger partial charge in [0.1, 0.15) is 11.5 Å². The number of hydrogen-bond donors (Lipinski definition) is 1. The largest absolute Gasteiger partial charge is 0.482 e. The third-order valence-corrected chi connectivity index (χ3v) is 4.01. The van der Waals surface area contributed by atoms with Crippen LogP contribution in [0.1, 0.15) is 25.0 Å². The van der Waals surface area contributed by atoms with Crippen LogP contribution in [0.3, 0.4) is 0 Å². The number of carbonyl (C=O) groups excluding carboxylic acids is 2. The SMILES string of the molecule is Cc1ccc(OCC(=O)Oc2ccc(N(C)C(=O)NC(C)C)cc2)cc1C. The van der Waals surface area contributed by atoms with Crippen molar-refractivity contribution < 1.29 is 19.1 Å². The van der Waals surface area contributed by atoms with Crippen LogP contribution in [0.25, 0.3) is 0 Å².